The van der Waals surface area contributed by atoms with Gasteiger partial charge >= 0.3 is 6.09 Å². The fourth-order valence-electron chi connectivity index (χ4n) is 2.08. The van der Waals surface area contributed by atoms with Crippen LogP contribution in [-0.4, -0.2) is 41.6 Å². The highest BCUT2D eigenvalue weighted by atomic mass is 16.6. The van der Waals surface area contributed by atoms with Gasteiger partial charge in [0.1, 0.15) is 11.6 Å². The standard InChI is InChI=1S/C14H26N2O3/c1-5-6-9-15-12(17)11-8-7-10-16(11)13(18)19-14(2,3)4/h11H,5-10H2,1-4H3,(H,15,17)/t11-/m0/s1. The lowest BCUT2D eigenvalue weighted by molar-refractivity contribution is -0.125. The fraction of sp³-hybridized carbons (Fsp3) is 0.857. The number of nitrogens with zero attached hydrogens (tertiary/aromatic N) is 1. The Bertz CT molecular complexity index is 323. The Morgan fingerprint density at radius 2 is 2.05 bits per heavy atom. The topological polar surface area (TPSA) is 58.6 Å². The van der Waals surface area contributed by atoms with E-state index < -0.39 is 5.60 Å². The number of ether oxygens (including phenoxy) is 1. The van der Waals surface area contributed by atoms with Gasteiger partial charge in [0, 0.05) is 13.1 Å². The van der Waals surface area contributed by atoms with Crippen molar-refractivity contribution < 1.29 is 14.3 Å². The molecular formula is C14H26N2O3. The van der Waals surface area contributed by atoms with Crippen LogP contribution in [-0.2, 0) is 9.53 Å². The lowest BCUT2D eigenvalue weighted by atomic mass is 10.2. The third-order valence-corrected chi connectivity index (χ3v) is 3.01. The Labute approximate surface area is 115 Å². The number of unbranched alkanes of at least 4 members (excludes halogenated alkanes) is 1. The van der Waals surface area contributed by atoms with Gasteiger partial charge in [-0.25, -0.2) is 4.79 Å². The van der Waals surface area contributed by atoms with Gasteiger partial charge in [0.15, 0.2) is 0 Å². The third-order valence-electron chi connectivity index (χ3n) is 3.01. The Kier molecular flexibility index (Phi) is 5.63. The molecule has 0 bridgehead atoms. The van der Waals surface area contributed by atoms with E-state index in [0.717, 1.165) is 25.7 Å². The lowest BCUT2D eigenvalue weighted by Crippen LogP contribution is -2.47. The molecule has 110 valence electrons. The summed E-state index contributed by atoms with van der Waals surface area (Å²) in [6.07, 6.45) is 3.19. The number of carbonyl (C=O) groups is 2. The number of likely N-dealkylation sites (tertiary alicyclic amines) is 1. The van der Waals surface area contributed by atoms with Crippen molar-refractivity contribution in [2.24, 2.45) is 0 Å². The lowest BCUT2D eigenvalue weighted by Gasteiger charge is -2.28. The molecule has 0 radical (unpaired) electrons. The molecule has 0 aliphatic carbocycles. The van der Waals surface area contributed by atoms with Crippen molar-refractivity contribution in [3.8, 4) is 0 Å². The van der Waals surface area contributed by atoms with E-state index in [4.69, 9.17) is 4.74 Å². The van der Waals surface area contributed by atoms with E-state index in [1.807, 2.05) is 20.8 Å². The third kappa shape index (κ3) is 5.09. The van der Waals surface area contributed by atoms with Crippen molar-refractivity contribution in [3.63, 3.8) is 0 Å². The SMILES string of the molecule is CCCCNC(=O)[C@@H]1CCCN1C(=O)OC(C)(C)C. The number of amides is 2. The zero-order valence-electron chi connectivity index (χ0n) is 12.5. The van der Waals surface area contributed by atoms with Crippen LogP contribution in [0, 0.1) is 0 Å². The normalized spacial score (nSPS) is 19.4. The first-order valence-corrected chi connectivity index (χ1v) is 7.12. The molecule has 1 aliphatic heterocycles. The van der Waals surface area contributed by atoms with E-state index in [1.54, 1.807) is 4.90 Å². The maximum absolute atomic E-state index is 12.0. The van der Waals surface area contributed by atoms with Gasteiger partial charge in [-0.1, -0.05) is 13.3 Å². The summed E-state index contributed by atoms with van der Waals surface area (Å²) in [5.74, 6) is -0.0585. The summed E-state index contributed by atoms with van der Waals surface area (Å²) in [7, 11) is 0. The van der Waals surface area contributed by atoms with Gasteiger partial charge in [-0.05, 0) is 40.0 Å². The molecule has 0 spiro atoms. The second-order valence-electron chi connectivity index (χ2n) is 5.98. The summed E-state index contributed by atoms with van der Waals surface area (Å²) in [5, 5.41) is 2.88. The van der Waals surface area contributed by atoms with Crippen LogP contribution in [0.2, 0.25) is 0 Å². The van der Waals surface area contributed by atoms with Crippen LogP contribution in [0.5, 0.6) is 0 Å². The molecule has 0 unspecified atom stereocenters. The van der Waals surface area contributed by atoms with Crippen molar-refractivity contribution in [2.75, 3.05) is 13.1 Å². The zero-order valence-corrected chi connectivity index (χ0v) is 12.5. The van der Waals surface area contributed by atoms with Gasteiger partial charge in [0.05, 0.1) is 0 Å². The minimum Gasteiger partial charge on any atom is -0.444 e. The maximum atomic E-state index is 12.0. The molecular weight excluding hydrogens is 244 g/mol. The predicted molar refractivity (Wildman–Crippen MR) is 73.9 cm³/mol. The van der Waals surface area contributed by atoms with E-state index in [9.17, 15) is 9.59 Å². The van der Waals surface area contributed by atoms with Crippen LogP contribution in [0.1, 0.15) is 53.4 Å². The van der Waals surface area contributed by atoms with Crippen molar-refractivity contribution in [3.05, 3.63) is 0 Å². The quantitative estimate of drug-likeness (QED) is 0.797. The monoisotopic (exact) mass is 270 g/mol. The largest absolute Gasteiger partial charge is 0.444 e. The second kappa shape index (κ2) is 6.78. The van der Waals surface area contributed by atoms with Crippen LogP contribution >= 0.6 is 0 Å². The minimum absolute atomic E-state index is 0.0585. The fourth-order valence-corrected chi connectivity index (χ4v) is 2.08. The van der Waals surface area contributed by atoms with Gasteiger partial charge in [-0.3, -0.25) is 9.69 Å². The van der Waals surface area contributed by atoms with E-state index in [-0.39, 0.29) is 18.0 Å². The Hall–Kier alpha value is -1.26. The summed E-state index contributed by atoms with van der Waals surface area (Å²) >= 11 is 0. The molecule has 1 saturated heterocycles. The number of hydrogen-bond donors (Lipinski definition) is 1. The van der Waals surface area contributed by atoms with Crippen molar-refractivity contribution in [2.45, 2.75) is 65.0 Å². The molecule has 19 heavy (non-hydrogen) atoms. The van der Waals surface area contributed by atoms with Gasteiger partial charge in [0.2, 0.25) is 5.91 Å². The molecule has 0 saturated carbocycles. The molecule has 1 fully saturated rings. The smallest absolute Gasteiger partial charge is 0.410 e. The number of hydrogen-bond acceptors (Lipinski definition) is 3. The minimum atomic E-state index is -0.525. The summed E-state index contributed by atoms with van der Waals surface area (Å²) in [6, 6.07) is -0.369. The summed E-state index contributed by atoms with van der Waals surface area (Å²) < 4.78 is 5.33. The molecule has 0 aromatic carbocycles. The molecule has 5 nitrogen and oxygen atoms in total. The van der Waals surface area contributed by atoms with Gasteiger partial charge < -0.3 is 10.1 Å². The maximum Gasteiger partial charge on any atom is 0.410 e. The second-order valence-corrected chi connectivity index (χ2v) is 5.98. The van der Waals surface area contributed by atoms with E-state index >= 15 is 0 Å². The first-order valence-electron chi connectivity index (χ1n) is 7.12. The molecule has 1 N–H and O–H groups in total. The van der Waals surface area contributed by atoms with Crippen molar-refractivity contribution >= 4 is 12.0 Å². The Morgan fingerprint density at radius 3 is 2.63 bits per heavy atom. The van der Waals surface area contributed by atoms with E-state index in [0.29, 0.717) is 13.1 Å². The first kappa shape index (κ1) is 15.8. The molecule has 1 rings (SSSR count). The highest BCUT2D eigenvalue weighted by Gasteiger charge is 2.36. The molecule has 2 amide bonds. The van der Waals surface area contributed by atoms with Crippen LogP contribution in [0.15, 0.2) is 0 Å². The Balaban J connectivity index is 2.53. The zero-order chi connectivity index (χ0) is 14.5. The van der Waals surface area contributed by atoms with Crippen LogP contribution in [0.25, 0.3) is 0 Å². The highest BCUT2D eigenvalue weighted by Crippen LogP contribution is 2.20. The van der Waals surface area contributed by atoms with Gasteiger partial charge in [-0.2, -0.15) is 0 Å². The highest BCUT2D eigenvalue weighted by molar-refractivity contribution is 5.86. The predicted octanol–water partition coefficient (Wildman–Crippen LogP) is 2.30. The molecule has 0 aromatic heterocycles. The first-order chi connectivity index (χ1) is 8.85. The van der Waals surface area contributed by atoms with Crippen LogP contribution < -0.4 is 5.32 Å². The number of carbonyl (C=O) groups excluding carboxylic acids is 2. The van der Waals surface area contributed by atoms with Crippen molar-refractivity contribution in [1.82, 2.24) is 10.2 Å². The van der Waals surface area contributed by atoms with Gasteiger partial charge in [0.25, 0.3) is 0 Å². The van der Waals surface area contributed by atoms with E-state index in [2.05, 4.69) is 12.2 Å². The summed E-state index contributed by atoms with van der Waals surface area (Å²) in [5.41, 5.74) is -0.525. The molecule has 1 atom stereocenters. The number of rotatable bonds is 4. The van der Waals surface area contributed by atoms with Crippen molar-refractivity contribution in [1.29, 1.82) is 0 Å². The molecule has 0 aromatic rings. The molecule has 5 heteroatoms. The number of nitrogens with one attached hydrogen (secondary N) is 1. The Morgan fingerprint density at radius 1 is 1.37 bits per heavy atom. The average Bonchev–Trinajstić information content (AvgIpc) is 2.75. The summed E-state index contributed by atoms with van der Waals surface area (Å²) in [6.45, 7) is 8.84. The average molecular weight is 270 g/mol. The van der Waals surface area contributed by atoms with E-state index in [1.165, 1.54) is 0 Å². The molecule has 1 heterocycles. The van der Waals surface area contributed by atoms with Gasteiger partial charge in [-0.15, -0.1) is 0 Å². The summed E-state index contributed by atoms with van der Waals surface area (Å²) in [4.78, 5) is 25.6. The molecule has 1 aliphatic rings. The van der Waals surface area contributed by atoms with Crippen LogP contribution in [0.4, 0.5) is 4.79 Å². The van der Waals surface area contributed by atoms with Crippen LogP contribution in [0.3, 0.4) is 0 Å².